The molecular formula is C18H15FSi. The molecule has 98 valence electrons. The maximum Gasteiger partial charge on any atom is 0.130 e. The molecule has 0 aliphatic carbocycles. The Morgan fingerprint density at radius 1 is 0.800 bits per heavy atom. The zero-order valence-corrected chi connectivity index (χ0v) is 12.6. The molecule has 1 aliphatic heterocycles. The van der Waals surface area contributed by atoms with Crippen LogP contribution in [-0.4, -0.2) is 8.07 Å². The van der Waals surface area contributed by atoms with Crippen LogP contribution in [0.3, 0.4) is 0 Å². The van der Waals surface area contributed by atoms with Crippen LogP contribution >= 0.6 is 0 Å². The molecule has 1 heterocycles. The van der Waals surface area contributed by atoms with Crippen molar-refractivity contribution in [3.63, 3.8) is 0 Å². The lowest BCUT2D eigenvalue weighted by Gasteiger charge is -2.19. The summed E-state index contributed by atoms with van der Waals surface area (Å²) in [5.41, 5.74) is 2.56. The molecule has 0 fully saturated rings. The van der Waals surface area contributed by atoms with Crippen LogP contribution in [0, 0.1) is 5.82 Å². The summed E-state index contributed by atoms with van der Waals surface area (Å²) in [5.74, 6) is -0.0901. The first-order chi connectivity index (χ1) is 9.60. The Hall–Kier alpha value is -1.93. The second-order valence-corrected chi connectivity index (χ2v) is 10.3. The maximum absolute atomic E-state index is 14.4. The molecule has 0 spiro atoms. The standard InChI is InChI=1S/C18H15FSi/c1-20(2)16-10-6-5-9-14(16)18-13-8-4-3-7-12(13)15(19)11-17(18)20/h3-11H,1-2H3. The Morgan fingerprint density at radius 3 is 2.25 bits per heavy atom. The number of halogens is 1. The summed E-state index contributed by atoms with van der Waals surface area (Å²) in [7, 11) is -1.77. The van der Waals surface area contributed by atoms with Gasteiger partial charge < -0.3 is 0 Å². The van der Waals surface area contributed by atoms with Gasteiger partial charge in [0, 0.05) is 5.39 Å². The van der Waals surface area contributed by atoms with Gasteiger partial charge in [-0.3, -0.25) is 0 Å². The zero-order valence-electron chi connectivity index (χ0n) is 11.6. The molecule has 0 unspecified atom stereocenters. The normalized spacial score (nSPS) is 15.2. The van der Waals surface area contributed by atoms with Crippen LogP contribution < -0.4 is 10.4 Å². The summed E-state index contributed by atoms with van der Waals surface area (Å²) < 4.78 is 14.4. The number of rotatable bonds is 0. The molecule has 0 saturated carbocycles. The van der Waals surface area contributed by atoms with Gasteiger partial charge in [-0.2, -0.15) is 0 Å². The SMILES string of the molecule is C[Si]1(C)c2ccccc2-c2c1cc(F)c1ccccc21. The molecule has 0 saturated heterocycles. The molecular weight excluding hydrogens is 263 g/mol. The molecule has 0 aromatic heterocycles. The van der Waals surface area contributed by atoms with Crippen molar-refractivity contribution in [1.82, 2.24) is 0 Å². The number of benzene rings is 3. The Bertz CT molecular complexity index is 849. The van der Waals surface area contributed by atoms with Crippen molar-refractivity contribution < 1.29 is 4.39 Å². The largest absolute Gasteiger partial charge is 0.206 e. The van der Waals surface area contributed by atoms with E-state index in [2.05, 4.69) is 37.4 Å². The van der Waals surface area contributed by atoms with Gasteiger partial charge in [0.1, 0.15) is 13.9 Å². The molecule has 0 bridgehead atoms. The van der Waals surface area contributed by atoms with E-state index < -0.39 is 8.07 Å². The van der Waals surface area contributed by atoms with Crippen LogP contribution in [0.15, 0.2) is 54.6 Å². The highest BCUT2D eigenvalue weighted by atomic mass is 28.3. The molecule has 0 nitrogen and oxygen atoms in total. The summed E-state index contributed by atoms with van der Waals surface area (Å²) >= 11 is 0. The fraction of sp³-hybridized carbons (Fsp3) is 0.111. The van der Waals surface area contributed by atoms with Crippen LogP contribution in [-0.2, 0) is 0 Å². The predicted molar refractivity (Wildman–Crippen MR) is 86.1 cm³/mol. The van der Waals surface area contributed by atoms with Gasteiger partial charge in [-0.15, -0.1) is 0 Å². The van der Waals surface area contributed by atoms with Gasteiger partial charge in [-0.1, -0.05) is 61.6 Å². The number of hydrogen-bond donors (Lipinski definition) is 0. The summed E-state index contributed by atoms with van der Waals surface area (Å²) in [5, 5.41) is 4.43. The second-order valence-electron chi connectivity index (χ2n) is 6.00. The smallest absolute Gasteiger partial charge is 0.130 e. The summed E-state index contributed by atoms with van der Waals surface area (Å²) in [6.45, 7) is 4.62. The van der Waals surface area contributed by atoms with E-state index in [9.17, 15) is 4.39 Å². The van der Waals surface area contributed by atoms with E-state index in [1.807, 2.05) is 24.3 Å². The van der Waals surface area contributed by atoms with Crippen LogP contribution in [0.4, 0.5) is 4.39 Å². The van der Waals surface area contributed by atoms with Crippen molar-refractivity contribution in [1.29, 1.82) is 0 Å². The van der Waals surface area contributed by atoms with Crippen LogP contribution in [0.1, 0.15) is 0 Å². The summed E-state index contributed by atoms with van der Waals surface area (Å²) in [4.78, 5) is 0. The monoisotopic (exact) mass is 278 g/mol. The first kappa shape index (κ1) is 11.9. The first-order valence-electron chi connectivity index (χ1n) is 6.92. The van der Waals surface area contributed by atoms with Gasteiger partial charge >= 0.3 is 0 Å². The van der Waals surface area contributed by atoms with Gasteiger partial charge in [0.2, 0.25) is 0 Å². The Morgan fingerprint density at radius 2 is 1.45 bits per heavy atom. The van der Waals surface area contributed by atoms with Crippen molar-refractivity contribution in [3.8, 4) is 11.1 Å². The Kier molecular flexibility index (Phi) is 2.25. The number of hydrogen-bond acceptors (Lipinski definition) is 0. The molecule has 4 rings (SSSR count). The van der Waals surface area contributed by atoms with E-state index in [1.54, 1.807) is 6.07 Å². The molecule has 3 aromatic carbocycles. The third-order valence-corrected chi connectivity index (χ3v) is 8.06. The highest BCUT2D eigenvalue weighted by Crippen LogP contribution is 2.35. The fourth-order valence-corrected chi connectivity index (χ4v) is 6.57. The second kappa shape index (κ2) is 3.80. The maximum atomic E-state index is 14.4. The van der Waals surface area contributed by atoms with E-state index >= 15 is 0 Å². The minimum atomic E-state index is -1.77. The highest BCUT2D eigenvalue weighted by molar-refractivity contribution is 7.04. The van der Waals surface area contributed by atoms with Crippen molar-refractivity contribution in [2.24, 2.45) is 0 Å². The molecule has 0 atom stereocenters. The Balaban J connectivity index is 2.25. The predicted octanol–water partition coefficient (Wildman–Crippen LogP) is 3.78. The Labute approximate surface area is 118 Å². The van der Waals surface area contributed by atoms with E-state index in [-0.39, 0.29) is 5.82 Å². The lowest BCUT2D eigenvalue weighted by Crippen LogP contribution is -2.49. The fourth-order valence-electron chi connectivity index (χ4n) is 3.51. The van der Waals surface area contributed by atoms with E-state index in [0.29, 0.717) is 0 Å². The molecule has 0 radical (unpaired) electrons. The van der Waals surface area contributed by atoms with Crippen molar-refractivity contribution in [3.05, 3.63) is 60.4 Å². The molecule has 3 aromatic rings. The van der Waals surface area contributed by atoms with Gasteiger partial charge in [0.15, 0.2) is 0 Å². The molecule has 0 amide bonds. The van der Waals surface area contributed by atoms with Crippen LogP contribution in [0.25, 0.3) is 21.9 Å². The van der Waals surface area contributed by atoms with Gasteiger partial charge in [0.05, 0.1) is 0 Å². The molecule has 2 heteroatoms. The average Bonchev–Trinajstić information content (AvgIpc) is 2.69. The first-order valence-corrected chi connectivity index (χ1v) is 9.92. The van der Waals surface area contributed by atoms with Gasteiger partial charge in [-0.25, -0.2) is 4.39 Å². The minimum Gasteiger partial charge on any atom is -0.206 e. The third kappa shape index (κ3) is 1.35. The van der Waals surface area contributed by atoms with E-state index in [0.717, 1.165) is 10.8 Å². The molecule has 1 aliphatic rings. The summed E-state index contributed by atoms with van der Waals surface area (Å²) in [6, 6.07) is 18.2. The van der Waals surface area contributed by atoms with Gasteiger partial charge in [0.25, 0.3) is 0 Å². The number of fused-ring (bicyclic) bond motifs is 5. The van der Waals surface area contributed by atoms with Crippen LogP contribution in [0.2, 0.25) is 13.1 Å². The molecule has 20 heavy (non-hydrogen) atoms. The van der Waals surface area contributed by atoms with E-state index in [4.69, 9.17) is 0 Å². The van der Waals surface area contributed by atoms with Crippen molar-refractivity contribution >= 4 is 29.2 Å². The molecule has 0 N–H and O–H groups in total. The van der Waals surface area contributed by atoms with E-state index in [1.165, 1.54) is 21.5 Å². The topological polar surface area (TPSA) is 0 Å². The highest BCUT2D eigenvalue weighted by Gasteiger charge is 2.38. The average molecular weight is 278 g/mol. The van der Waals surface area contributed by atoms with Crippen molar-refractivity contribution in [2.45, 2.75) is 13.1 Å². The zero-order chi connectivity index (χ0) is 13.9. The lowest BCUT2D eigenvalue weighted by atomic mass is 9.98. The quantitative estimate of drug-likeness (QED) is 0.549. The van der Waals surface area contributed by atoms with Crippen LogP contribution in [0.5, 0.6) is 0 Å². The van der Waals surface area contributed by atoms with Crippen molar-refractivity contribution in [2.75, 3.05) is 0 Å². The minimum absolute atomic E-state index is 0.0901. The van der Waals surface area contributed by atoms with Gasteiger partial charge in [-0.05, 0) is 33.0 Å². The third-order valence-electron chi connectivity index (χ3n) is 4.54. The lowest BCUT2D eigenvalue weighted by molar-refractivity contribution is 0.641. The summed E-state index contributed by atoms with van der Waals surface area (Å²) in [6.07, 6.45) is 0.